The summed E-state index contributed by atoms with van der Waals surface area (Å²) in [6, 6.07) is 80.4. The van der Waals surface area contributed by atoms with Crippen molar-refractivity contribution in [1.82, 2.24) is 0 Å². The molecular formula is C93H87B2Br3NO20S. The van der Waals surface area contributed by atoms with Crippen LogP contribution in [0.5, 0.6) is 63.2 Å². The monoisotopic (exact) mass is 1830 g/mol. The predicted octanol–water partition coefficient (Wildman–Crippen LogP) is 24.0. The van der Waals surface area contributed by atoms with Gasteiger partial charge in [0.15, 0.2) is 0 Å². The van der Waals surface area contributed by atoms with Gasteiger partial charge in [-0.1, -0.05) is 15.9 Å². The molecule has 7 heterocycles. The van der Waals surface area contributed by atoms with Crippen LogP contribution in [-0.2, 0) is 4.74 Å². The minimum atomic E-state index is -1.58. The molecule has 6 aromatic heterocycles. The first-order valence-corrected chi connectivity index (χ1v) is 39.8. The summed E-state index contributed by atoms with van der Waals surface area (Å²) in [5.74, 6) is 12.3. The predicted molar refractivity (Wildman–Crippen MR) is 488 cm³/mol. The first kappa shape index (κ1) is 90.4. The van der Waals surface area contributed by atoms with Crippen molar-refractivity contribution in [3.63, 3.8) is 0 Å². The third kappa shape index (κ3) is 24.8. The molecule has 1 saturated heterocycles. The van der Waals surface area contributed by atoms with Crippen molar-refractivity contribution in [3.8, 4) is 109 Å². The molecule has 27 heteroatoms. The van der Waals surface area contributed by atoms with Gasteiger partial charge in [-0.15, -0.1) is 0 Å². The SMILES string of the molecule is C1CCOC1.COc1ccc(-c2cc3cc(OC)ccc3o2)cc1.COc1ccc(-c2cc3cc(OC)ccc3o2)cc1.COc1ccc(-c2oc3ccc(OC)cc3c2Br)cc1.COc1ccc(-c2oc3ccc(OC)cc3c2Br)cc1.COc1ccc(Br)cc1.COc1ccc2oc(B(O)O)cc2c1.COc1ccc2occc2c1.[B]=NS. The van der Waals surface area contributed by atoms with Crippen molar-refractivity contribution in [1.29, 1.82) is 0 Å². The van der Waals surface area contributed by atoms with Crippen LogP contribution in [-0.4, -0.2) is 116 Å². The third-order valence-electron chi connectivity index (χ3n) is 18.1. The Balaban J connectivity index is 0.000000146. The van der Waals surface area contributed by atoms with E-state index in [2.05, 4.69) is 72.5 Å². The maximum absolute atomic E-state index is 8.88. The van der Waals surface area contributed by atoms with Crippen molar-refractivity contribution < 1.29 is 93.4 Å². The molecule has 0 unspecified atom stereocenters. The standard InChI is InChI=1S/2C16H13BrO3.2C16H14O3.C9H9BO4.C9H8O2.C7H7BrO.C4H8O.BHNS/c2*1-18-11-5-3-10(4-6-11)16-15(17)13-9-12(19-2)7-8-14(13)20-16;2*1-17-13-5-3-11(4-6-13)16-10-12-9-14(18-2)7-8-15(12)19-16;1-13-7-2-3-8-6(4-7)5-9(14-8)10(11)12;1-10-8-2-3-9-7(6-8)4-5-11-9;1-9-7-4-2-6(8)3-5-7;1-2-4-5-3-1;1-2-3/h2*3-9H,1-2H3;2*3-10H,1-2H3;2-5,11-12H,1H3;2-6H,1H3;2-5H,1H3;1-4H2;3H. The molecule has 1 radical (unpaired) electrons. The molecule has 21 nitrogen and oxygen atoms in total. The Labute approximate surface area is 726 Å². The second kappa shape index (κ2) is 45.9. The number of methoxy groups -OCH3 is 11. The Hall–Kier alpha value is -11.9. The van der Waals surface area contributed by atoms with Crippen LogP contribution in [0.3, 0.4) is 0 Å². The van der Waals surface area contributed by atoms with Crippen molar-refractivity contribution >= 4 is 147 Å². The number of fused-ring (bicyclic) bond motifs is 6. The molecule has 1 aliphatic heterocycles. The van der Waals surface area contributed by atoms with Gasteiger partial charge in [0, 0.05) is 72.3 Å². The molecule has 1 aliphatic rings. The van der Waals surface area contributed by atoms with E-state index in [1.165, 1.54) is 12.8 Å². The quantitative estimate of drug-likeness (QED) is 0.0601. The average Bonchev–Trinajstić information content (AvgIpc) is 1.64. The van der Waals surface area contributed by atoms with Gasteiger partial charge in [0.2, 0.25) is 0 Å². The number of rotatable bonds is 16. The zero-order valence-electron chi connectivity index (χ0n) is 67.6. The molecule has 120 heavy (non-hydrogen) atoms. The van der Waals surface area contributed by atoms with E-state index in [-0.39, 0.29) is 5.66 Å². The molecule has 0 spiro atoms. The summed E-state index contributed by atoms with van der Waals surface area (Å²) in [5, 5.41) is 23.7. The van der Waals surface area contributed by atoms with Gasteiger partial charge >= 0.3 is 31.9 Å². The number of nitrogens with zero attached hydrogens (tertiary/aromatic N) is 1. The summed E-state index contributed by atoms with van der Waals surface area (Å²) < 4.78 is 101. The van der Waals surface area contributed by atoms with E-state index in [4.69, 9.17) is 93.4 Å². The van der Waals surface area contributed by atoms with Gasteiger partial charge in [-0.05, 0) is 299 Å². The van der Waals surface area contributed by atoms with Crippen molar-refractivity contribution in [2.24, 2.45) is 4.30 Å². The second-order valence-electron chi connectivity index (χ2n) is 25.5. The third-order valence-corrected chi connectivity index (χ3v) is 20.2. The molecule has 617 valence electrons. The van der Waals surface area contributed by atoms with Crippen LogP contribution in [0, 0.1) is 0 Å². The topological polar surface area (TPSA) is 242 Å². The van der Waals surface area contributed by atoms with Gasteiger partial charge in [0.05, 0.1) is 93.4 Å². The van der Waals surface area contributed by atoms with Crippen LogP contribution in [0.25, 0.3) is 111 Å². The number of halogens is 3. The fourth-order valence-electron chi connectivity index (χ4n) is 11.7. The molecule has 17 aromatic rings. The minimum absolute atomic E-state index is 0.133. The molecule has 0 amide bonds. The summed E-state index contributed by atoms with van der Waals surface area (Å²) in [4.78, 5) is 0. The molecule has 18 rings (SSSR count). The molecule has 1 fully saturated rings. The molecule has 0 aliphatic carbocycles. The maximum atomic E-state index is 8.88. The van der Waals surface area contributed by atoms with E-state index in [1.807, 2.05) is 231 Å². The molecule has 2 N–H and O–H groups in total. The van der Waals surface area contributed by atoms with Crippen molar-refractivity contribution in [2.75, 3.05) is 91.4 Å². The number of thiol groups is 1. The van der Waals surface area contributed by atoms with E-state index in [0.29, 0.717) is 11.3 Å². The van der Waals surface area contributed by atoms with Crippen LogP contribution < -0.4 is 57.8 Å². The van der Waals surface area contributed by atoms with Crippen LogP contribution in [0.4, 0.5) is 0 Å². The van der Waals surface area contributed by atoms with Gasteiger partial charge < -0.3 is 93.4 Å². The van der Waals surface area contributed by atoms with Crippen LogP contribution >= 0.6 is 60.6 Å². The Bertz CT molecular complexity index is 5760. The first-order chi connectivity index (χ1) is 58.4. The van der Waals surface area contributed by atoms with Crippen LogP contribution in [0.1, 0.15) is 12.8 Å². The van der Waals surface area contributed by atoms with E-state index < -0.39 is 7.12 Å². The van der Waals surface area contributed by atoms with E-state index in [0.717, 1.165) is 190 Å². The van der Waals surface area contributed by atoms with Gasteiger partial charge in [-0.3, -0.25) is 0 Å². The first-order valence-electron chi connectivity index (χ1n) is 37.0. The number of ether oxygens (including phenoxy) is 12. The summed E-state index contributed by atoms with van der Waals surface area (Å²) in [7, 11) is 20.9. The van der Waals surface area contributed by atoms with Crippen LogP contribution in [0.2, 0.25) is 0 Å². The molecule has 0 atom stereocenters. The normalized spacial score (nSPS) is 10.9. The van der Waals surface area contributed by atoms with E-state index in [1.54, 1.807) is 109 Å². The fraction of sp³-hybridized carbons (Fsp3) is 0.161. The zero-order chi connectivity index (χ0) is 85.5. The van der Waals surface area contributed by atoms with E-state index in [9.17, 15) is 0 Å². The number of hydrogen-bond acceptors (Lipinski definition) is 22. The second-order valence-corrected chi connectivity index (χ2v) is 28.2. The number of hydrogen-bond donors (Lipinski definition) is 3. The van der Waals surface area contributed by atoms with Gasteiger partial charge in [0.1, 0.15) is 125 Å². The van der Waals surface area contributed by atoms with Gasteiger partial charge in [0.25, 0.3) is 0 Å². The summed E-state index contributed by atoms with van der Waals surface area (Å²) >= 11 is 13.7. The number of furan rings is 6. The summed E-state index contributed by atoms with van der Waals surface area (Å²) in [5.41, 5.74) is 9.02. The van der Waals surface area contributed by atoms with Crippen molar-refractivity contribution in [2.45, 2.75) is 12.8 Å². The van der Waals surface area contributed by atoms with Crippen molar-refractivity contribution in [3.05, 3.63) is 274 Å². The fourth-order valence-corrected chi connectivity index (χ4v) is 13.2. The van der Waals surface area contributed by atoms with Gasteiger partial charge in [-0.2, -0.15) is 0 Å². The van der Waals surface area contributed by atoms with Gasteiger partial charge in [-0.25, -0.2) is 0 Å². The van der Waals surface area contributed by atoms with E-state index >= 15 is 0 Å². The summed E-state index contributed by atoms with van der Waals surface area (Å²) in [6.07, 6.45) is 4.23. The molecule has 0 saturated carbocycles. The average molecular weight is 1830 g/mol. The summed E-state index contributed by atoms with van der Waals surface area (Å²) in [6.45, 7) is 2.00. The zero-order valence-corrected chi connectivity index (χ0v) is 73.2. The van der Waals surface area contributed by atoms with Crippen LogP contribution in [0.15, 0.2) is 305 Å². The molecular weight excluding hydrogens is 1740 g/mol. The molecule has 0 bridgehead atoms. The Kier molecular flexibility index (Phi) is 34.5. The Morgan fingerprint density at radius 1 is 0.317 bits per heavy atom. The number of benzene rings is 11. The Morgan fingerprint density at radius 2 is 0.600 bits per heavy atom. The molecule has 11 aromatic carbocycles. The Morgan fingerprint density at radius 3 is 0.925 bits per heavy atom.